The summed E-state index contributed by atoms with van der Waals surface area (Å²) in [6.45, 7) is 0. The molecule has 2 rings (SSSR count). The fourth-order valence-electron chi connectivity index (χ4n) is 1.59. The monoisotopic (exact) mass is 294 g/mol. The smallest absolute Gasteiger partial charge is 0.341 e. The highest BCUT2D eigenvalue weighted by atomic mass is 19.1. The number of nitrogens with two attached hydrogens (primary N) is 1. The Morgan fingerprint density at radius 3 is 2.62 bits per heavy atom. The summed E-state index contributed by atoms with van der Waals surface area (Å²) in [6, 6.07) is 4.12. The van der Waals surface area contributed by atoms with Crippen LogP contribution in [0.25, 0.3) is 0 Å². The van der Waals surface area contributed by atoms with Crippen molar-refractivity contribution >= 4 is 11.9 Å². The van der Waals surface area contributed by atoms with Crippen LogP contribution in [0.15, 0.2) is 30.5 Å². The van der Waals surface area contributed by atoms with Gasteiger partial charge in [-0.1, -0.05) is 6.07 Å². The third kappa shape index (κ3) is 2.94. The minimum atomic E-state index is -1.49. The number of nitrogens with zero attached hydrogens (tertiary/aromatic N) is 1. The van der Waals surface area contributed by atoms with Crippen molar-refractivity contribution in [2.24, 2.45) is 5.73 Å². The minimum Gasteiger partial charge on any atom is -0.477 e. The second kappa shape index (κ2) is 5.53. The average molecular weight is 294 g/mol. The molecule has 0 spiro atoms. The third-order valence-corrected chi connectivity index (χ3v) is 2.48. The SMILES string of the molecule is NC(=O)c1c(F)cccc1Oc1ncc(F)cc1C(=O)O. The van der Waals surface area contributed by atoms with Gasteiger partial charge in [0.15, 0.2) is 0 Å². The van der Waals surface area contributed by atoms with Gasteiger partial charge in [0.05, 0.1) is 6.20 Å². The van der Waals surface area contributed by atoms with Crippen LogP contribution in [0, 0.1) is 11.6 Å². The zero-order valence-corrected chi connectivity index (χ0v) is 10.3. The zero-order chi connectivity index (χ0) is 15.6. The molecule has 1 aromatic heterocycles. The second-order valence-corrected chi connectivity index (χ2v) is 3.89. The van der Waals surface area contributed by atoms with Gasteiger partial charge >= 0.3 is 5.97 Å². The van der Waals surface area contributed by atoms with Gasteiger partial charge in [0, 0.05) is 0 Å². The third-order valence-electron chi connectivity index (χ3n) is 2.48. The number of carbonyl (C=O) groups excluding carboxylic acids is 1. The lowest BCUT2D eigenvalue weighted by Crippen LogP contribution is -2.15. The fourth-order valence-corrected chi connectivity index (χ4v) is 1.59. The Bertz CT molecular complexity index is 734. The lowest BCUT2D eigenvalue weighted by molar-refractivity contribution is 0.0692. The van der Waals surface area contributed by atoms with Crippen molar-refractivity contribution in [3.8, 4) is 11.6 Å². The summed E-state index contributed by atoms with van der Waals surface area (Å²) in [5.41, 5.74) is 3.91. The van der Waals surface area contributed by atoms with Crippen LogP contribution in [0.3, 0.4) is 0 Å². The summed E-state index contributed by atoms with van der Waals surface area (Å²) in [5.74, 6) is -5.20. The van der Waals surface area contributed by atoms with Crippen molar-refractivity contribution in [3.63, 3.8) is 0 Å². The van der Waals surface area contributed by atoms with E-state index in [2.05, 4.69) is 4.98 Å². The van der Waals surface area contributed by atoms with Crippen molar-refractivity contribution < 1.29 is 28.2 Å². The van der Waals surface area contributed by atoms with Crippen LogP contribution in [0.5, 0.6) is 11.6 Å². The van der Waals surface area contributed by atoms with E-state index in [1.807, 2.05) is 0 Å². The van der Waals surface area contributed by atoms with Gasteiger partial charge < -0.3 is 15.6 Å². The quantitative estimate of drug-likeness (QED) is 0.897. The maximum atomic E-state index is 13.5. The summed E-state index contributed by atoms with van der Waals surface area (Å²) in [4.78, 5) is 25.7. The van der Waals surface area contributed by atoms with Gasteiger partial charge in [-0.25, -0.2) is 18.6 Å². The first kappa shape index (κ1) is 14.4. The van der Waals surface area contributed by atoms with Crippen molar-refractivity contribution in [1.29, 1.82) is 0 Å². The molecular formula is C13H8F2N2O4. The number of halogens is 2. The van der Waals surface area contributed by atoms with E-state index in [0.29, 0.717) is 6.07 Å². The maximum Gasteiger partial charge on any atom is 0.341 e. The number of ether oxygens (including phenoxy) is 1. The number of pyridine rings is 1. The Morgan fingerprint density at radius 1 is 1.29 bits per heavy atom. The van der Waals surface area contributed by atoms with Gasteiger partial charge in [0.1, 0.15) is 28.5 Å². The number of aromatic nitrogens is 1. The summed E-state index contributed by atoms with van der Waals surface area (Å²) >= 11 is 0. The molecule has 0 radical (unpaired) electrons. The minimum absolute atomic E-state index is 0.316. The molecule has 3 N–H and O–H groups in total. The standard InChI is InChI=1S/C13H8F2N2O4/c14-6-4-7(13(19)20)12(17-5-6)21-9-3-1-2-8(15)10(9)11(16)18/h1-5H,(H2,16,18)(H,19,20). The molecular weight excluding hydrogens is 286 g/mol. The number of hydrogen-bond donors (Lipinski definition) is 2. The van der Waals surface area contributed by atoms with Crippen molar-refractivity contribution in [1.82, 2.24) is 4.98 Å². The van der Waals surface area contributed by atoms with E-state index >= 15 is 0 Å². The normalized spacial score (nSPS) is 10.2. The van der Waals surface area contributed by atoms with Gasteiger partial charge in [0.2, 0.25) is 5.88 Å². The zero-order valence-electron chi connectivity index (χ0n) is 10.3. The van der Waals surface area contributed by atoms with E-state index in [-0.39, 0.29) is 5.75 Å². The Kier molecular flexibility index (Phi) is 3.79. The molecule has 108 valence electrons. The van der Waals surface area contributed by atoms with E-state index < -0.39 is 40.5 Å². The van der Waals surface area contributed by atoms with Crippen LogP contribution in [0.4, 0.5) is 8.78 Å². The Balaban J connectivity index is 2.51. The molecule has 0 atom stereocenters. The van der Waals surface area contributed by atoms with Crippen molar-refractivity contribution in [3.05, 3.63) is 53.2 Å². The molecule has 0 saturated heterocycles. The molecule has 0 aliphatic carbocycles. The fraction of sp³-hybridized carbons (Fsp3) is 0. The number of carbonyl (C=O) groups is 2. The van der Waals surface area contributed by atoms with Crippen molar-refractivity contribution in [2.45, 2.75) is 0 Å². The van der Waals surface area contributed by atoms with E-state index in [4.69, 9.17) is 15.6 Å². The summed E-state index contributed by atoms with van der Waals surface area (Å²) in [6.07, 6.45) is 0.727. The molecule has 0 saturated carbocycles. The number of hydrogen-bond acceptors (Lipinski definition) is 4. The Labute approximate surface area is 116 Å². The van der Waals surface area contributed by atoms with Crippen LogP contribution in [0.1, 0.15) is 20.7 Å². The molecule has 0 fully saturated rings. The highest BCUT2D eigenvalue weighted by Crippen LogP contribution is 2.28. The molecule has 8 heteroatoms. The molecule has 0 aliphatic rings. The number of aromatic carboxylic acids is 1. The first-order valence-electron chi connectivity index (χ1n) is 5.55. The number of primary amides is 1. The number of carboxylic acids is 1. The lowest BCUT2D eigenvalue weighted by Gasteiger charge is -2.10. The highest BCUT2D eigenvalue weighted by Gasteiger charge is 2.20. The average Bonchev–Trinajstić information content (AvgIpc) is 2.40. The van der Waals surface area contributed by atoms with Crippen LogP contribution >= 0.6 is 0 Å². The molecule has 6 nitrogen and oxygen atoms in total. The van der Waals surface area contributed by atoms with Gasteiger partial charge in [-0.05, 0) is 18.2 Å². The van der Waals surface area contributed by atoms with Gasteiger partial charge in [0.25, 0.3) is 5.91 Å². The molecule has 0 bridgehead atoms. The van der Waals surface area contributed by atoms with Crippen molar-refractivity contribution in [2.75, 3.05) is 0 Å². The van der Waals surface area contributed by atoms with E-state index in [1.54, 1.807) is 0 Å². The van der Waals surface area contributed by atoms with E-state index in [0.717, 1.165) is 12.3 Å². The topological polar surface area (TPSA) is 103 Å². The number of benzene rings is 1. The summed E-state index contributed by atoms with van der Waals surface area (Å²) < 4.78 is 31.7. The van der Waals surface area contributed by atoms with E-state index in [9.17, 15) is 18.4 Å². The molecule has 1 heterocycles. The largest absolute Gasteiger partial charge is 0.477 e. The number of amides is 1. The molecule has 0 aliphatic heterocycles. The predicted molar refractivity (Wildman–Crippen MR) is 66.1 cm³/mol. The van der Waals surface area contributed by atoms with Crippen LogP contribution < -0.4 is 10.5 Å². The number of carboxylic acid groups (broad SMARTS) is 1. The van der Waals surface area contributed by atoms with Crippen LogP contribution in [-0.4, -0.2) is 22.0 Å². The summed E-state index contributed by atoms with van der Waals surface area (Å²) in [5, 5.41) is 8.95. The molecule has 0 unspecified atom stereocenters. The van der Waals surface area contributed by atoms with Gasteiger partial charge in [-0.3, -0.25) is 4.79 Å². The Hall–Kier alpha value is -3.03. The van der Waals surface area contributed by atoms with Gasteiger partial charge in [-0.15, -0.1) is 0 Å². The number of rotatable bonds is 4. The predicted octanol–water partition coefficient (Wildman–Crippen LogP) is 1.95. The molecule has 2 aromatic rings. The molecule has 21 heavy (non-hydrogen) atoms. The molecule has 1 amide bonds. The summed E-state index contributed by atoms with van der Waals surface area (Å²) in [7, 11) is 0. The van der Waals surface area contributed by atoms with Gasteiger partial charge in [-0.2, -0.15) is 0 Å². The first-order chi connectivity index (χ1) is 9.90. The van der Waals surface area contributed by atoms with Crippen LogP contribution in [-0.2, 0) is 0 Å². The van der Waals surface area contributed by atoms with Crippen LogP contribution in [0.2, 0.25) is 0 Å². The lowest BCUT2D eigenvalue weighted by atomic mass is 10.2. The highest BCUT2D eigenvalue weighted by molar-refractivity contribution is 5.96. The second-order valence-electron chi connectivity index (χ2n) is 3.89. The first-order valence-corrected chi connectivity index (χ1v) is 5.55. The maximum absolute atomic E-state index is 13.5. The van der Waals surface area contributed by atoms with E-state index in [1.165, 1.54) is 12.1 Å². The molecule has 1 aromatic carbocycles. The Morgan fingerprint density at radius 2 is 2.00 bits per heavy atom.